The summed E-state index contributed by atoms with van der Waals surface area (Å²) in [7, 11) is 0. The topological polar surface area (TPSA) is 43.4 Å². The van der Waals surface area contributed by atoms with E-state index in [9.17, 15) is 9.59 Å². The second-order valence-electron chi connectivity index (χ2n) is 4.32. The van der Waals surface area contributed by atoms with Crippen molar-refractivity contribution in [2.24, 2.45) is 5.92 Å². The van der Waals surface area contributed by atoms with E-state index in [0.717, 1.165) is 0 Å². The monoisotopic (exact) mass is 234 g/mol. The Morgan fingerprint density at radius 1 is 1.24 bits per heavy atom. The summed E-state index contributed by atoms with van der Waals surface area (Å²) in [4.78, 5) is 23.3. The summed E-state index contributed by atoms with van der Waals surface area (Å²) in [6, 6.07) is 6.69. The average Bonchev–Trinajstić information content (AvgIpc) is 2.28. The molecule has 0 saturated carbocycles. The van der Waals surface area contributed by atoms with Gasteiger partial charge in [-0.25, -0.2) is 4.79 Å². The van der Waals surface area contributed by atoms with Gasteiger partial charge in [-0.2, -0.15) is 0 Å². The molecule has 0 bridgehead atoms. The zero-order chi connectivity index (χ0) is 12.8. The number of ether oxygens (including phenoxy) is 1. The number of carbonyl (C=O) groups is 2. The van der Waals surface area contributed by atoms with Crippen LogP contribution in [0.3, 0.4) is 0 Å². The molecule has 1 rings (SSSR count). The minimum Gasteiger partial charge on any atom is -0.462 e. The predicted molar refractivity (Wildman–Crippen MR) is 66.2 cm³/mol. The van der Waals surface area contributed by atoms with Crippen molar-refractivity contribution in [2.75, 3.05) is 6.61 Å². The van der Waals surface area contributed by atoms with E-state index in [1.165, 1.54) is 0 Å². The van der Waals surface area contributed by atoms with Gasteiger partial charge in [0, 0.05) is 12.0 Å². The molecule has 0 N–H and O–H groups in total. The highest BCUT2D eigenvalue weighted by Gasteiger charge is 2.12. The lowest BCUT2D eigenvalue weighted by molar-refractivity contribution is 0.0526. The summed E-state index contributed by atoms with van der Waals surface area (Å²) in [6.07, 6.45) is 0.492. The van der Waals surface area contributed by atoms with Crippen LogP contribution in [0.1, 0.15) is 47.9 Å². The molecular weight excluding hydrogens is 216 g/mol. The first kappa shape index (κ1) is 13.4. The molecule has 92 valence electrons. The van der Waals surface area contributed by atoms with Crippen LogP contribution >= 0.6 is 0 Å². The molecule has 0 aromatic heterocycles. The van der Waals surface area contributed by atoms with Crippen LogP contribution in [0.4, 0.5) is 0 Å². The first-order valence-corrected chi connectivity index (χ1v) is 5.85. The van der Waals surface area contributed by atoms with Crippen LogP contribution in [0.2, 0.25) is 0 Å². The highest BCUT2D eigenvalue weighted by Crippen LogP contribution is 2.12. The van der Waals surface area contributed by atoms with E-state index < -0.39 is 0 Å². The van der Waals surface area contributed by atoms with Gasteiger partial charge in [0.2, 0.25) is 0 Å². The Kier molecular flexibility index (Phi) is 4.88. The molecule has 3 nitrogen and oxygen atoms in total. The maximum absolute atomic E-state index is 11.8. The zero-order valence-electron chi connectivity index (χ0n) is 10.5. The molecule has 17 heavy (non-hydrogen) atoms. The summed E-state index contributed by atoms with van der Waals surface area (Å²) in [5.74, 6) is -0.00778. The van der Waals surface area contributed by atoms with E-state index in [2.05, 4.69) is 0 Å². The molecule has 1 aromatic carbocycles. The van der Waals surface area contributed by atoms with Crippen molar-refractivity contribution in [2.45, 2.75) is 27.2 Å². The van der Waals surface area contributed by atoms with E-state index >= 15 is 0 Å². The molecule has 0 aliphatic rings. The van der Waals surface area contributed by atoms with Gasteiger partial charge < -0.3 is 4.74 Å². The van der Waals surface area contributed by atoms with Gasteiger partial charge in [0.1, 0.15) is 0 Å². The van der Waals surface area contributed by atoms with Crippen molar-refractivity contribution < 1.29 is 14.3 Å². The van der Waals surface area contributed by atoms with E-state index in [-0.39, 0.29) is 11.8 Å². The number of esters is 1. The summed E-state index contributed by atoms with van der Waals surface area (Å²) < 4.78 is 4.89. The third-order valence-corrected chi connectivity index (χ3v) is 2.29. The number of benzene rings is 1. The largest absolute Gasteiger partial charge is 0.462 e. The highest BCUT2D eigenvalue weighted by atomic mass is 16.5. The van der Waals surface area contributed by atoms with E-state index in [0.29, 0.717) is 30.1 Å². The highest BCUT2D eigenvalue weighted by molar-refractivity contribution is 5.99. The molecule has 1 aromatic rings. The Hall–Kier alpha value is -1.64. The van der Waals surface area contributed by atoms with Gasteiger partial charge >= 0.3 is 5.97 Å². The number of ketones is 1. The SMILES string of the molecule is CCOC(=O)c1cccc(C(=O)CC(C)C)c1. The lowest BCUT2D eigenvalue weighted by atomic mass is 10.00. The van der Waals surface area contributed by atoms with E-state index in [1.54, 1.807) is 31.2 Å². The quantitative estimate of drug-likeness (QED) is 0.581. The van der Waals surface area contributed by atoms with Crippen molar-refractivity contribution in [3.8, 4) is 0 Å². The van der Waals surface area contributed by atoms with Gasteiger partial charge in [0.15, 0.2) is 5.78 Å². The molecule has 0 aliphatic heterocycles. The van der Waals surface area contributed by atoms with Gasteiger partial charge in [-0.05, 0) is 25.0 Å². The van der Waals surface area contributed by atoms with Crippen molar-refractivity contribution in [3.05, 3.63) is 35.4 Å². The maximum Gasteiger partial charge on any atom is 0.338 e. The summed E-state index contributed by atoms with van der Waals surface area (Å²) in [6.45, 7) is 6.08. The number of hydrogen-bond acceptors (Lipinski definition) is 3. The number of hydrogen-bond donors (Lipinski definition) is 0. The molecule has 0 fully saturated rings. The molecule has 0 atom stereocenters. The molecule has 0 spiro atoms. The zero-order valence-corrected chi connectivity index (χ0v) is 10.5. The Morgan fingerprint density at radius 3 is 2.47 bits per heavy atom. The molecular formula is C14H18O3. The van der Waals surface area contributed by atoms with Crippen LogP contribution in [-0.4, -0.2) is 18.4 Å². The summed E-state index contributed by atoms with van der Waals surface area (Å²) in [5.41, 5.74) is 1.01. The second-order valence-corrected chi connectivity index (χ2v) is 4.32. The maximum atomic E-state index is 11.8. The Bertz CT molecular complexity index is 408. The standard InChI is InChI=1S/C14H18O3/c1-4-17-14(16)12-7-5-6-11(9-12)13(15)8-10(2)3/h5-7,9-10H,4,8H2,1-3H3. The fourth-order valence-corrected chi connectivity index (χ4v) is 1.52. The normalized spacial score (nSPS) is 10.4. The van der Waals surface area contributed by atoms with Crippen LogP contribution < -0.4 is 0 Å². The minimum atomic E-state index is -0.383. The van der Waals surface area contributed by atoms with Gasteiger partial charge in [-0.1, -0.05) is 26.0 Å². The minimum absolute atomic E-state index is 0.0612. The number of carbonyl (C=O) groups excluding carboxylic acids is 2. The molecule has 3 heteroatoms. The van der Waals surface area contributed by atoms with E-state index in [4.69, 9.17) is 4.74 Å². The van der Waals surface area contributed by atoms with E-state index in [1.807, 2.05) is 13.8 Å². The van der Waals surface area contributed by atoms with Crippen LogP contribution in [0.25, 0.3) is 0 Å². The first-order chi connectivity index (χ1) is 8.04. The Labute approximate surface area is 102 Å². The number of Topliss-reactive ketones (excluding diaryl/α,β-unsaturated/α-hetero) is 1. The lowest BCUT2D eigenvalue weighted by Crippen LogP contribution is -2.08. The van der Waals surface area contributed by atoms with Crippen LogP contribution in [0, 0.1) is 5.92 Å². The van der Waals surface area contributed by atoms with Crippen LogP contribution in [0.15, 0.2) is 24.3 Å². The third kappa shape index (κ3) is 4.02. The molecule has 0 heterocycles. The van der Waals surface area contributed by atoms with Gasteiger partial charge in [0.25, 0.3) is 0 Å². The molecule has 0 saturated heterocycles. The first-order valence-electron chi connectivity index (χ1n) is 5.85. The summed E-state index contributed by atoms with van der Waals surface area (Å²) >= 11 is 0. The van der Waals surface area contributed by atoms with Gasteiger partial charge in [0.05, 0.1) is 12.2 Å². The predicted octanol–water partition coefficient (Wildman–Crippen LogP) is 3.09. The summed E-state index contributed by atoms with van der Waals surface area (Å²) in [5, 5.41) is 0. The molecule has 0 aliphatic carbocycles. The third-order valence-electron chi connectivity index (χ3n) is 2.29. The Balaban J connectivity index is 2.85. The lowest BCUT2D eigenvalue weighted by Gasteiger charge is -2.06. The van der Waals surface area contributed by atoms with Gasteiger partial charge in [-0.3, -0.25) is 4.79 Å². The molecule has 0 radical (unpaired) electrons. The molecule has 0 unspecified atom stereocenters. The fraction of sp³-hybridized carbons (Fsp3) is 0.429. The van der Waals surface area contributed by atoms with Crippen molar-refractivity contribution in [1.29, 1.82) is 0 Å². The van der Waals surface area contributed by atoms with Crippen molar-refractivity contribution in [3.63, 3.8) is 0 Å². The molecule has 0 amide bonds. The van der Waals surface area contributed by atoms with Gasteiger partial charge in [-0.15, -0.1) is 0 Å². The van der Waals surface area contributed by atoms with Crippen molar-refractivity contribution in [1.82, 2.24) is 0 Å². The number of rotatable bonds is 5. The van der Waals surface area contributed by atoms with Crippen molar-refractivity contribution >= 4 is 11.8 Å². The average molecular weight is 234 g/mol. The Morgan fingerprint density at radius 2 is 1.88 bits per heavy atom. The fourth-order valence-electron chi connectivity index (χ4n) is 1.52. The smallest absolute Gasteiger partial charge is 0.338 e. The van der Waals surface area contributed by atoms with Crippen LogP contribution in [0.5, 0.6) is 0 Å². The second kappa shape index (κ2) is 6.18. The van der Waals surface area contributed by atoms with Crippen LogP contribution in [-0.2, 0) is 4.74 Å².